The molecule has 0 saturated heterocycles. The van der Waals surface area contributed by atoms with Crippen molar-refractivity contribution in [3.63, 3.8) is 0 Å². The zero-order valence-corrected chi connectivity index (χ0v) is 31.9. The summed E-state index contributed by atoms with van der Waals surface area (Å²) in [5.74, 6) is -2.38. The van der Waals surface area contributed by atoms with Gasteiger partial charge in [-0.2, -0.15) is 4.39 Å². The van der Waals surface area contributed by atoms with Crippen LogP contribution in [0, 0.1) is 15.9 Å². The first kappa shape index (κ1) is 40.6. The molecule has 0 bridgehead atoms. The lowest BCUT2D eigenvalue weighted by Gasteiger charge is -2.46. The molecule has 266 valence electrons. The van der Waals surface area contributed by atoms with E-state index in [2.05, 4.69) is 26.6 Å². The van der Waals surface area contributed by atoms with Crippen LogP contribution in [0.25, 0.3) is 0 Å². The summed E-state index contributed by atoms with van der Waals surface area (Å²) in [5, 5.41) is 17.0. The van der Waals surface area contributed by atoms with E-state index in [-0.39, 0.29) is 22.2 Å². The van der Waals surface area contributed by atoms with Crippen molar-refractivity contribution in [2.75, 3.05) is 14.2 Å². The van der Waals surface area contributed by atoms with Gasteiger partial charge in [0.25, 0.3) is 0 Å². The van der Waals surface area contributed by atoms with Crippen LogP contribution in [0.1, 0.15) is 85.6 Å². The monoisotopic (exact) mass is 755 g/mol. The highest BCUT2D eigenvalue weighted by Gasteiger charge is 2.50. The molecular formula is C33H47BrFN3O9Si. The minimum Gasteiger partial charge on any atom is -0.496 e. The molecule has 2 aromatic rings. The predicted octanol–water partition coefficient (Wildman–Crippen LogP) is 7.66. The van der Waals surface area contributed by atoms with Crippen LogP contribution in [0.4, 0.5) is 14.9 Å². The Hall–Kier alpha value is -3.56. The number of amides is 2. The van der Waals surface area contributed by atoms with E-state index in [1.807, 2.05) is 41.5 Å². The Balaban J connectivity index is 2.81. The fourth-order valence-electron chi connectivity index (χ4n) is 6.01. The molecule has 2 aromatic carbocycles. The summed E-state index contributed by atoms with van der Waals surface area (Å²) >= 11 is 3.40. The van der Waals surface area contributed by atoms with E-state index < -0.39 is 66.5 Å². The number of halogens is 2. The van der Waals surface area contributed by atoms with Crippen molar-refractivity contribution >= 4 is 47.9 Å². The van der Waals surface area contributed by atoms with Crippen LogP contribution in [0.15, 0.2) is 40.9 Å². The molecule has 3 atom stereocenters. The number of alkyl carbamates (subject to hydrolysis) is 1. The highest BCUT2D eigenvalue weighted by Crippen LogP contribution is 2.46. The molecule has 0 aliphatic rings. The lowest BCUT2D eigenvalue weighted by Crippen LogP contribution is -2.55. The Morgan fingerprint density at radius 2 is 1.48 bits per heavy atom. The number of carbonyl (C=O) groups is 3. The second-order valence-electron chi connectivity index (χ2n) is 13.3. The van der Waals surface area contributed by atoms with E-state index in [0.717, 1.165) is 19.2 Å². The second-order valence-corrected chi connectivity index (χ2v) is 19.6. The van der Waals surface area contributed by atoms with Crippen molar-refractivity contribution < 1.29 is 42.3 Å². The van der Waals surface area contributed by atoms with Gasteiger partial charge in [0.1, 0.15) is 23.5 Å². The summed E-state index contributed by atoms with van der Waals surface area (Å²) < 4.78 is 37.9. The molecule has 2 rings (SSSR count). The number of benzene rings is 2. The fraction of sp³-hybridized carbons (Fsp3) is 0.545. The van der Waals surface area contributed by atoms with Crippen LogP contribution in [0.5, 0.6) is 5.75 Å². The molecule has 2 N–H and O–H groups in total. The molecule has 0 aromatic heterocycles. The van der Waals surface area contributed by atoms with E-state index in [1.165, 1.54) is 13.2 Å². The largest absolute Gasteiger partial charge is 0.496 e. The quantitative estimate of drug-likeness (QED) is 0.0856. The van der Waals surface area contributed by atoms with E-state index >= 15 is 0 Å². The van der Waals surface area contributed by atoms with Gasteiger partial charge in [-0.15, -0.1) is 0 Å². The van der Waals surface area contributed by atoms with Crippen molar-refractivity contribution in [1.29, 1.82) is 0 Å². The number of nitrogens with zero attached hydrogens (tertiary/aromatic N) is 1. The number of hydrogen-bond acceptors (Lipinski definition) is 9. The molecular weight excluding hydrogens is 709 g/mol. The number of methoxy groups -OCH3 is 2. The van der Waals surface area contributed by atoms with Crippen molar-refractivity contribution in [3.05, 3.63) is 67.9 Å². The summed E-state index contributed by atoms with van der Waals surface area (Å²) in [6.45, 7) is 17.0. The average Bonchev–Trinajstić information content (AvgIpc) is 2.97. The molecule has 0 aliphatic carbocycles. The van der Waals surface area contributed by atoms with Gasteiger partial charge in [-0.25, -0.2) is 9.59 Å². The van der Waals surface area contributed by atoms with E-state index in [9.17, 15) is 28.9 Å². The number of ether oxygens (including phenoxy) is 3. The molecule has 0 saturated carbocycles. The smallest absolute Gasteiger partial charge is 0.408 e. The van der Waals surface area contributed by atoms with Gasteiger partial charge in [0.15, 0.2) is 6.04 Å². The zero-order valence-electron chi connectivity index (χ0n) is 29.3. The second kappa shape index (κ2) is 16.7. The predicted molar refractivity (Wildman–Crippen MR) is 185 cm³/mol. The normalized spacial score (nSPS) is 13.9. The summed E-state index contributed by atoms with van der Waals surface area (Å²) in [6, 6.07) is 4.94. The minimum atomic E-state index is -2.90. The molecule has 0 aliphatic heterocycles. The van der Waals surface area contributed by atoms with Crippen LogP contribution in [-0.2, 0) is 23.5 Å². The summed E-state index contributed by atoms with van der Waals surface area (Å²) in [6.07, 6.45) is -2.25. The van der Waals surface area contributed by atoms with Crippen molar-refractivity contribution in [2.45, 2.75) is 103 Å². The maximum atomic E-state index is 14.6. The number of rotatable bonds is 14. The lowest BCUT2D eigenvalue weighted by molar-refractivity contribution is -0.387. The van der Waals surface area contributed by atoms with Gasteiger partial charge in [0.05, 0.1) is 23.6 Å². The van der Waals surface area contributed by atoms with E-state index in [1.54, 1.807) is 39.0 Å². The average molecular weight is 757 g/mol. The fourth-order valence-corrected chi connectivity index (χ4v) is 12.1. The van der Waals surface area contributed by atoms with Gasteiger partial charge < -0.3 is 29.3 Å². The first-order chi connectivity index (χ1) is 22.2. The molecule has 2 amide bonds. The third-order valence-corrected chi connectivity index (χ3v) is 14.7. The molecule has 0 unspecified atom stereocenters. The maximum absolute atomic E-state index is 14.6. The topological polar surface area (TPSA) is 155 Å². The van der Waals surface area contributed by atoms with Crippen LogP contribution in [-0.4, -0.2) is 57.1 Å². The lowest BCUT2D eigenvalue weighted by atomic mass is 10.00. The SMILES string of the molecule is COC(=O)[C@@H](NC(=O)[C@H](NC(=O)OC(C)(C)C)c1ccc(OC)c(Br)c1)[C@H](O[Si](C(C)C)(C(C)C)C(C)C)c1ccc(F)c([N+](=O)[O-])c1. The van der Waals surface area contributed by atoms with Crippen molar-refractivity contribution in [2.24, 2.45) is 0 Å². The molecule has 0 fully saturated rings. The van der Waals surface area contributed by atoms with Crippen molar-refractivity contribution in [3.8, 4) is 5.75 Å². The van der Waals surface area contributed by atoms with Gasteiger partial charge in [-0.05, 0) is 82.7 Å². The summed E-state index contributed by atoms with van der Waals surface area (Å²) in [4.78, 5) is 51.7. The van der Waals surface area contributed by atoms with Gasteiger partial charge in [-0.3, -0.25) is 14.9 Å². The zero-order chi connectivity index (χ0) is 36.7. The Labute approximate surface area is 290 Å². The van der Waals surface area contributed by atoms with E-state index in [0.29, 0.717) is 15.8 Å². The Morgan fingerprint density at radius 3 is 1.94 bits per heavy atom. The first-order valence-electron chi connectivity index (χ1n) is 15.5. The minimum absolute atomic E-state index is 0.0114. The standard InChI is InChI=1S/C33H47BrFN3O9Si/c1-18(2)48(19(3)4,20(5)6)47-29(22-12-14-24(35)25(17-22)38(42)43)28(31(40)45-11)36-30(39)27(37-32(41)46-33(7,8)9)21-13-15-26(44-10)23(34)16-21/h12-20,27-29H,1-11H3,(H,36,39)(H,37,41)/t27-,28+,29-/m1/s1. The number of nitrogens with one attached hydrogen (secondary N) is 2. The van der Waals surface area contributed by atoms with E-state index in [4.69, 9.17) is 18.6 Å². The number of nitro groups is 1. The van der Waals surface area contributed by atoms with Gasteiger partial charge in [-0.1, -0.05) is 53.7 Å². The molecule has 0 radical (unpaired) electrons. The Bertz CT molecular complexity index is 1460. The first-order valence-corrected chi connectivity index (χ1v) is 18.5. The number of hydrogen-bond donors (Lipinski definition) is 2. The summed E-state index contributed by atoms with van der Waals surface area (Å²) in [5.41, 5.74) is -1.36. The number of esters is 1. The molecule has 48 heavy (non-hydrogen) atoms. The summed E-state index contributed by atoms with van der Waals surface area (Å²) in [7, 11) is -0.302. The highest BCUT2D eigenvalue weighted by atomic mass is 79.9. The Morgan fingerprint density at radius 1 is 0.917 bits per heavy atom. The van der Waals surface area contributed by atoms with Gasteiger partial charge >= 0.3 is 17.7 Å². The molecule has 15 heteroatoms. The van der Waals surface area contributed by atoms with Crippen LogP contribution >= 0.6 is 15.9 Å². The third-order valence-electron chi connectivity index (χ3n) is 8.02. The highest BCUT2D eigenvalue weighted by molar-refractivity contribution is 9.10. The van der Waals surface area contributed by atoms with Gasteiger partial charge in [0, 0.05) is 6.07 Å². The van der Waals surface area contributed by atoms with Crippen LogP contribution in [0.2, 0.25) is 16.6 Å². The third kappa shape index (κ3) is 9.75. The van der Waals surface area contributed by atoms with Crippen LogP contribution < -0.4 is 15.4 Å². The van der Waals surface area contributed by atoms with Gasteiger partial charge in [0.2, 0.25) is 20.0 Å². The van der Waals surface area contributed by atoms with Crippen molar-refractivity contribution in [1.82, 2.24) is 10.6 Å². The number of carbonyl (C=O) groups excluding carboxylic acids is 3. The number of nitro benzene ring substituents is 1. The molecule has 12 nitrogen and oxygen atoms in total. The Kier molecular flexibility index (Phi) is 14.1. The molecule has 0 spiro atoms. The maximum Gasteiger partial charge on any atom is 0.408 e. The molecule has 0 heterocycles. The van der Waals surface area contributed by atoms with Crippen LogP contribution in [0.3, 0.4) is 0 Å².